The van der Waals surface area contributed by atoms with Crippen LogP contribution in [0.5, 0.6) is 0 Å². The molecule has 0 unspecified atom stereocenters. The molecule has 0 spiro atoms. The minimum absolute atomic E-state index is 0. The van der Waals surface area contributed by atoms with Gasteiger partial charge in [0, 0.05) is 5.95 Å². The van der Waals surface area contributed by atoms with Gasteiger partial charge in [0.05, 0.1) is 0 Å². The first kappa shape index (κ1) is 12.5. The molecule has 0 aliphatic heterocycles. The summed E-state index contributed by atoms with van der Waals surface area (Å²) in [4.78, 5) is 7.52. The molecule has 0 aromatic carbocycles. The predicted octanol–water partition coefficient (Wildman–Crippen LogP) is 2.80. The summed E-state index contributed by atoms with van der Waals surface area (Å²) >= 11 is 0. The molecule has 0 amide bonds. The van der Waals surface area contributed by atoms with Crippen molar-refractivity contribution in [3.63, 3.8) is 0 Å². The van der Waals surface area contributed by atoms with E-state index in [-0.39, 0.29) is 5.95 Å². The van der Waals surface area contributed by atoms with E-state index >= 15 is 0 Å². The van der Waals surface area contributed by atoms with E-state index in [1.54, 1.807) is 6.20 Å². The maximum absolute atomic E-state index is 7.01. The molecule has 1 heterocycles. The van der Waals surface area contributed by atoms with Crippen LogP contribution in [0.4, 0.5) is 5.95 Å². The van der Waals surface area contributed by atoms with Crippen molar-refractivity contribution in [2.24, 2.45) is 0 Å². The van der Waals surface area contributed by atoms with Crippen LogP contribution in [0.2, 0.25) is 0 Å². The van der Waals surface area contributed by atoms with Gasteiger partial charge in [-0.05, 0) is 31.3 Å². The molecule has 12 heavy (non-hydrogen) atoms. The van der Waals surface area contributed by atoms with Crippen LogP contribution in [0.25, 0.3) is 5.73 Å². The average molecular weight is 419 g/mol. The molecule has 1 rings (SSSR count). The second-order valence-electron chi connectivity index (χ2n) is 1.96. The SMILES string of the molecule is CC.Cc1cnc([NH-])nc1C.[Rf]. The normalized spacial score (nSPS) is 7.67. The first-order chi connectivity index (χ1) is 5.20. The van der Waals surface area contributed by atoms with Gasteiger partial charge in [0.1, 0.15) is 0 Å². The van der Waals surface area contributed by atoms with E-state index in [2.05, 4.69) is 9.97 Å². The monoisotopic (exact) mass is 419 g/mol. The molecule has 1 aromatic rings. The Kier molecular flexibility index (Phi) is 5.91. The molecule has 0 bridgehead atoms. The third-order valence-electron chi connectivity index (χ3n) is 1.22. The topological polar surface area (TPSA) is 49.6 Å². The van der Waals surface area contributed by atoms with E-state index in [1.807, 2.05) is 27.7 Å². The second kappa shape index (κ2) is 5.65. The van der Waals surface area contributed by atoms with Crippen molar-refractivity contribution >= 4 is 5.95 Å². The number of nitrogens with zero attached hydrogens (tertiary/aromatic N) is 2. The van der Waals surface area contributed by atoms with Crippen molar-refractivity contribution in [3.8, 4) is 0 Å². The molecular formula is C8H14N3Rf-. The molecule has 3 nitrogen and oxygen atoms in total. The molecular weight excluding hydrogens is 405 g/mol. The summed E-state index contributed by atoms with van der Waals surface area (Å²) in [5.74, 6) is 0.0955. The van der Waals surface area contributed by atoms with Gasteiger partial charge in [0.15, 0.2) is 0 Å². The fraction of sp³-hybridized carbons (Fsp3) is 0.500. The molecule has 0 aliphatic rings. The zero-order valence-corrected chi connectivity index (χ0v) is 14.6. The zero-order valence-electron chi connectivity index (χ0n) is 8.18. The molecule has 0 radical (unpaired) electrons. The number of rotatable bonds is 0. The van der Waals surface area contributed by atoms with E-state index in [1.165, 1.54) is 0 Å². The summed E-state index contributed by atoms with van der Waals surface area (Å²) in [6, 6.07) is 0. The van der Waals surface area contributed by atoms with Gasteiger partial charge in [-0.3, -0.25) is 0 Å². The number of aryl methyl sites for hydroxylation is 2. The largest absolute Gasteiger partial charge is 0.410 e. The van der Waals surface area contributed by atoms with Gasteiger partial charge < -0.3 is 15.7 Å². The van der Waals surface area contributed by atoms with Crippen molar-refractivity contribution in [1.82, 2.24) is 9.97 Å². The Bertz CT molecular complexity index is 226. The molecule has 1 N–H and O–H groups in total. The van der Waals surface area contributed by atoms with Crippen molar-refractivity contribution in [3.05, 3.63) is 23.2 Å². The summed E-state index contributed by atoms with van der Waals surface area (Å²) < 4.78 is 0. The Hall–Kier alpha value is -2.12. The molecule has 0 saturated carbocycles. The first-order valence-corrected chi connectivity index (χ1v) is 3.72. The van der Waals surface area contributed by atoms with Crippen LogP contribution in [-0.4, -0.2) is 9.97 Å². The Morgan fingerprint density at radius 1 is 1.25 bits per heavy atom. The molecule has 1 aromatic heterocycles. The Balaban J connectivity index is 0. The van der Waals surface area contributed by atoms with Crippen LogP contribution in [0.1, 0.15) is 25.1 Å². The van der Waals surface area contributed by atoms with Crippen LogP contribution in [-0.2, 0) is 0 Å². The van der Waals surface area contributed by atoms with Crippen molar-refractivity contribution < 1.29 is 0 Å². The quantitative estimate of drug-likeness (QED) is 0.650. The summed E-state index contributed by atoms with van der Waals surface area (Å²) in [6.07, 6.45) is 1.66. The fourth-order valence-corrected chi connectivity index (χ4v) is 0.527. The van der Waals surface area contributed by atoms with Gasteiger partial charge in [-0.2, -0.15) is 0 Å². The smallest absolute Gasteiger partial charge is 0.0202 e. The first-order valence-electron chi connectivity index (χ1n) is 3.72. The van der Waals surface area contributed by atoms with Gasteiger partial charge in [-0.15, -0.1) is 0 Å². The van der Waals surface area contributed by atoms with Gasteiger partial charge in [0.2, 0.25) is 0 Å². The van der Waals surface area contributed by atoms with Crippen LogP contribution < -0.4 is 0 Å². The van der Waals surface area contributed by atoms with Crippen LogP contribution in [0, 0.1) is 13.8 Å². The maximum Gasteiger partial charge on any atom is 0.0202 e. The third-order valence-corrected chi connectivity index (χ3v) is 1.22. The number of hydrogen-bond acceptors (Lipinski definition) is 2. The fourth-order valence-electron chi connectivity index (χ4n) is 0.527. The zero-order chi connectivity index (χ0) is 8.85. The standard InChI is InChI=1S/C6H8N3.C2H6.Rf/c1-4-3-8-6(7)9-5(4)2;1-2;/h3H,1-2H3,(H-,7,8,9);1-2H3;/q-1;;. The van der Waals surface area contributed by atoms with Gasteiger partial charge in [-0.25, -0.2) is 0 Å². The maximum atomic E-state index is 7.01. The van der Waals surface area contributed by atoms with Crippen molar-refractivity contribution in [1.29, 1.82) is 0 Å². The van der Waals surface area contributed by atoms with Gasteiger partial charge in [-0.1, -0.05) is 13.8 Å². The second-order valence-corrected chi connectivity index (χ2v) is 1.96. The summed E-state index contributed by atoms with van der Waals surface area (Å²) in [5, 5.41) is 0. The molecule has 4 heteroatoms. The molecule has 0 saturated heterocycles. The van der Waals surface area contributed by atoms with Gasteiger partial charge >= 0.3 is 0 Å². The number of aromatic nitrogens is 2. The van der Waals surface area contributed by atoms with E-state index in [0.29, 0.717) is 0 Å². The number of hydrogen-bond donors (Lipinski definition) is 0. The Labute approximate surface area is 67.7 Å². The van der Waals surface area contributed by atoms with E-state index in [4.69, 9.17) is 5.73 Å². The Morgan fingerprint density at radius 2 is 1.75 bits per heavy atom. The molecule has 0 aliphatic carbocycles. The average Bonchev–Trinajstić information content (AvgIpc) is 2.02. The minimum Gasteiger partial charge on any atom is -0.410 e. The van der Waals surface area contributed by atoms with Crippen LogP contribution >= 0.6 is 0 Å². The summed E-state index contributed by atoms with van der Waals surface area (Å²) in [6.45, 7) is 7.80. The van der Waals surface area contributed by atoms with Crippen molar-refractivity contribution in [2.75, 3.05) is 0 Å². The molecule has 0 atom stereocenters. The van der Waals surface area contributed by atoms with E-state index in [9.17, 15) is 0 Å². The Morgan fingerprint density at radius 3 is 2.08 bits per heavy atom. The molecule has 0 fully saturated rings. The molecule has 64 valence electrons. The van der Waals surface area contributed by atoms with Gasteiger partial charge in [0.25, 0.3) is 0 Å². The van der Waals surface area contributed by atoms with Crippen molar-refractivity contribution in [2.45, 2.75) is 27.7 Å². The number of nitrogens with one attached hydrogen (secondary N) is 1. The summed E-state index contributed by atoms with van der Waals surface area (Å²) in [7, 11) is 0. The van der Waals surface area contributed by atoms with Crippen LogP contribution in [0.3, 0.4) is 0 Å². The van der Waals surface area contributed by atoms with E-state index < -0.39 is 0 Å². The minimum atomic E-state index is 0. The van der Waals surface area contributed by atoms with Crippen LogP contribution in [0.15, 0.2) is 6.20 Å². The summed E-state index contributed by atoms with van der Waals surface area (Å²) in [5.41, 5.74) is 8.93. The third kappa shape index (κ3) is 3.15. The van der Waals surface area contributed by atoms with E-state index in [0.717, 1.165) is 11.3 Å². The predicted molar refractivity (Wildman–Crippen MR) is 46.8 cm³/mol.